The van der Waals surface area contributed by atoms with Crippen LogP contribution in [0, 0.1) is 0 Å². The first kappa shape index (κ1) is 30.2. The molecule has 0 heterocycles. The maximum atomic E-state index is 11.2. The summed E-state index contributed by atoms with van der Waals surface area (Å²) >= 11 is 0. The fourth-order valence-electron chi connectivity index (χ4n) is 3.05. The summed E-state index contributed by atoms with van der Waals surface area (Å²) in [5.41, 5.74) is 0. The number of carbonyl (C=O) groups excluding carboxylic acids is 2. The van der Waals surface area contributed by atoms with Crippen molar-refractivity contribution in [2.24, 2.45) is 0 Å². The van der Waals surface area contributed by atoms with Crippen LogP contribution in [0.3, 0.4) is 0 Å². The van der Waals surface area contributed by atoms with Gasteiger partial charge < -0.3 is 8.74 Å². The fraction of sp³-hybridized carbons (Fsp3) is 0.900. The summed E-state index contributed by atoms with van der Waals surface area (Å²) in [4.78, 5) is 22.2. The second-order valence-electron chi connectivity index (χ2n) is 7.21. The Morgan fingerprint density at radius 1 is 0.679 bits per heavy atom. The molecule has 0 rings (SSSR count). The first-order chi connectivity index (χ1) is 12.8. The number of hydrogen-bond acceptors (Lipinski definition) is 6. The molecule has 0 atom stereocenters. The van der Waals surface area contributed by atoms with Crippen LogP contribution in [0.1, 0.15) is 116 Å². The van der Waals surface area contributed by atoms with Crippen molar-refractivity contribution in [1.29, 1.82) is 0 Å². The van der Waals surface area contributed by atoms with Gasteiger partial charge in [0.15, 0.2) is 0 Å². The van der Waals surface area contributed by atoms with E-state index >= 15 is 0 Å². The molecule has 8 heteroatoms. The van der Waals surface area contributed by atoms with Crippen LogP contribution in [-0.4, -0.2) is 24.7 Å². The summed E-state index contributed by atoms with van der Waals surface area (Å²) in [5, 5.41) is 0. The van der Waals surface area contributed by atoms with Gasteiger partial charge >= 0.3 is 35.5 Å². The van der Waals surface area contributed by atoms with Gasteiger partial charge in [-0.3, -0.25) is 9.59 Å². The topological polar surface area (TPSA) is 101 Å². The number of carbonyl (C=O) groups is 2. The van der Waals surface area contributed by atoms with E-state index in [0.29, 0.717) is 18.6 Å². The van der Waals surface area contributed by atoms with E-state index in [-0.39, 0.29) is 36.0 Å². The summed E-state index contributed by atoms with van der Waals surface area (Å²) in [7, 11) is -4.91. The molecule has 0 spiro atoms. The van der Waals surface area contributed by atoms with Gasteiger partial charge in [-0.15, -0.1) is 0 Å². The second-order valence-corrected chi connectivity index (χ2v) is 8.19. The zero-order valence-corrected chi connectivity index (χ0v) is 20.7. The predicted octanol–water partition coefficient (Wildman–Crippen LogP) is 2.21. The van der Waals surface area contributed by atoms with Gasteiger partial charge in [-0.2, -0.15) is 0 Å². The van der Waals surface area contributed by atoms with Crippen molar-refractivity contribution in [3.05, 3.63) is 0 Å². The van der Waals surface area contributed by atoms with Crippen molar-refractivity contribution < 1.29 is 56.3 Å². The van der Waals surface area contributed by atoms with Crippen molar-refractivity contribution in [1.82, 2.24) is 0 Å². The molecule has 0 fully saturated rings. The minimum absolute atomic E-state index is 0. The van der Waals surface area contributed by atoms with Crippen molar-refractivity contribution in [3.63, 3.8) is 0 Å². The fourth-order valence-corrected chi connectivity index (χ4v) is 3.36. The molecule has 6 nitrogen and oxygen atoms in total. The Bertz CT molecular complexity index is 493. The molecular formula is C20H37NaO6S. The largest absolute Gasteiger partial charge is 1.00 e. The molecule has 0 aliphatic heterocycles. The van der Waals surface area contributed by atoms with Crippen LogP contribution < -0.4 is 29.6 Å². The Morgan fingerprint density at radius 3 is 1.32 bits per heavy atom. The molecule has 0 saturated heterocycles. The average Bonchev–Trinajstić information content (AvgIpc) is 2.59. The minimum Gasteiger partial charge on any atom is -0.716 e. The van der Waals surface area contributed by atoms with Gasteiger partial charge in [-0.25, -0.2) is 8.42 Å². The number of Topliss-reactive ketones (excluding diaryl/α,β-unsaturated/α-hetero) is 1. The zero-order valence-electron chi connectivity index (χ0n) is 17.9. The summed E-state index contributed by atoms with van der Waals surface area (Å²) in [6.07, 6.45) is 17.2. The van der Waals surface area contributed by atoms with Crippen LogP contribution >= 0.6 is 0 Å². The molecule has 0 aromatic rings. The maximum absolute atomic E-state index is 11.2. The normalized spacial score (nSPS) is 11.1. The maximum Gasteiger partial charge on any atom is 1.00 e. The summed E-state index contributed by atoms with van der Waals surface area (Å²) < 4.78 is 34.4. The van der Waals surface area contributed by atoms with Gasteiger partial charge in [-0.05, 0) is 12.8 Å². The Morgan fingerprint density at radius 2 is 1.00 bits per heavy atom. The summed E-state index contributed by atoms with van der Waals surface area (Å²) in [5.74, 6) is -0.577. The Labute approximate surface area is 193 Å². The molecule has 0 bridgehead atoms. The molecule has 0 amide bonds. The average molecular weight is 429 g/mol. The molecule has 0 unspecified atom stereocenters. The Kier molecular flexibility index (Phi) is 22.0. The van der Waals surface area contributed by atoms with Crippen LogP contribution in [0.25, 0.3) is 0 Å². The van der Waals surface area contributed by atoms with Crippen molar-refractivity contribution in [2.75, 3.05) is 0 Å². The third-order valence-corrected chi connectivity index (χ3v) is 5.07. The van der Waals surface area contributed by atoms with Crippen LogP contribution in [0.2, 0.25) is 0 Å². The third kappa shape index (κ3) is 24.1. The number of ketones is 1. The summed E-state index contributed by atoms with van der Waals surface area (Å²) in [6, 6.07) is 0. The van der Waals surface area contributed by atoms with Crippen molar-refractivity contribution >= 4 is 22.2 Å². The number of rotatable bonds is 19. The molecule has 28 heavy (non-hydrogen) atoms. The molecule has 0 aliphatic carbocycles. The van der Waals surface area contributed by atoms with Gasteiger partial charge in [0, 0.05) is 19.3 Å². The number of hydrogen-bond donors (Lipinski definition) is 0. The van der Waals surface area contributed by atoms with Gasteiger partial charge in [-0.1, -0.05) is 84.0 Å². The molecule has 0 saturated carbocycles. The van der Waals surface area contributed by atoms with E-state index in [1.807, 2.05) is 6.92 Å². The van der Waals surface area contributed by atoms with E-state index in [0.717, 1.165) is 32.1 Å². The molecule has 0 aromatic carbocycles. The van der Waals surface area contributed by atoms with Crippen LogP contribution in [0.5, 0.6) is 0 Å². The van der Waals surface area contributed by atoms with Gasteiger partial charge in [0.05, 0.1) is 0 Å². The van der Waals surface area contributed by atoms with Gasteiger partial charge in [0.2, 0.25) is 0 Å². The minimum atomic E-state index is -4.91. The van der Waals surface area contributed by atoms with Crippen molar-refractivity contribution in [2.45, 2.75) is 116 Å². The van der Waals surface area contributed by atoms with Gasteiger partial charge in [0.1, 0.15) is 5.78 Å². The Balaban J connectivity index is 0. The second kappa shape index (κ2) is 20.3. The molecular weight excluding hydrogens is 391 g/mol. The monoisotopic (exact) mass is 428 g/mol. The van der Waals surface area contributed by atoms with E-state index in [1.54, 1.807) is 0 Å². The third-order valence-electron chi connectivity index (χ3n) is 4.68. The SMILES string of the molecule is CCC(=O)CCCCCCCCCCCCCCCCC(=O)OS(=O)(=O)[O-].[Na+]. The first-order valence-electron chi connectivity index (χ1n) is 10.5. The smallest absolute Gasteiger partial charge is 0.716 e. The van der Waals surface area contributed by atoms with Crippen LogP contribution in [0.4, 0.5) is 0 Å². The van der Waals surface area contributed by atoms with E-state index in [9.17, 15) is 22.6 Å². The quantitative estimate of drug-likeness (QED) is 0.135. The molecule has 0 radical (unpaired) electrons. The first-order valence-corrected chi connectivity index (χ1v) is 11.9. The number of unbranched alkanes of at least 4 members (excludes halogenated alkanes) is 13. The van der Waals surface area contributed by atoms with E-state index in [4.69, 9.17) is 0 Å². The molecule has 0 aromatic heterocycles. The van der Waals surface area contributed by atoms with E-state index in [2.05, 4.69) is 4.18 Å². The zero-order chi connectivity index (χ0) is 20.4. The summed E-state index contributed by atoms with van der Waals surface area (Å²) in [6.45, 7) is 1.93. The molecule has 0 aliphatic rings. The van der Waals surface area contributed by atoms with Crippen molar-refractivity contribution in [3.8, 4) is 0 Å². The Hall–Kier alpha value is 0.0500. The predicted molar refractivity (Wildman–Crippen MR) is 105 cm³/mol. The molecule has 160 valence electrons. The van der Waals surface area contributed by atoms with E-state index < -0.39 is 16.4 Å². The van der Waals surface area contributed by atoms with E-state index in [1.165, 1.54) is 57.8 Å². The van der Waals surface area contributed by atoms with Crippen LogP contribution in [-0.2, 0) is 24.2 Å². The molecule has 0 N–H and O–H groups in total. The standard InChI is InChI=1S/C20H38O6S.Na/c1-2-19(21)17-15-13-11-9-7-5-3-4-6-8-10-12-14-16-18-20(22)26-27(23,24)25;/h2-18H2,1H3,(H,23,24,25);/q;+1/p-1. The van der Waals surface area contributed by atoms with Crippen LogP contribution in [0.15, 0.2) is 0 Å². The van der Waals surface area contributed by atoms with Gasteiger partial charge in [0.25, 0.3) is 10.4 Å².